The molecule has 1 atom stereocenters. The molecule has 1 heterocycles. The number of hydrogen-bond acceptors (Lipinski definition) is 4. The summed E-state index contributed by atoms with van der Waals surface area (Å²) in [5, 5.41) is 3.03. The molecule has 6 nitrogen and oxygen atoms in total. The molecule has 1 aliphatic heterocycles. The number of nitrogens with zero attached hydrogens (tertiary/aromatic N) is 1. The van der Waals surface area contributed by atoms with Crippen LogP contribution in [-0.4, -0.2) is 36.8 Å². The Labute approximate surface area is 153 Å². The summed E-state index contributed by atoms with van der Waals surface area (Å²) in [7, 11) is 1.67. The summed E-state index contributed by atoms with van der Waals surface area (Å²) >= 11 is 0. The molecule has 2 aliphatic rings. The van der Waals surface area contributed by atoms with Crippen LogP contribution in [0.4, 0.5) is 5.69 Å². The fraction of sp³-hybridized carbons (Fsp3) is 0.550. The SMILES string of the molecule is CC1Oc2ccc(C(=O)CCC(=O)NC3CCCCC3)cc2N(C)C1=O. The summed E-state index contributed by atoms with van der Waals surface area (Å²) in [4.78, 5) is 38.1. The highest BCUT2D eigenvalue weighted by atomic mass is 16.5. The molecule has 0 spiro atoms. The van der Waals surface area contributed by atoms with E-state index in [0.717, 1.165) is 25.7 Å². The normalized spacial score (nSPS) is 20.3. The van der Waals surface area contributed by atoms with Crippen molar-refractivity contribution in [1.29, 1.82) is 0 Å². The van der Waals surface area contributed by atoms with Gasteiger partial charge in [-0.1, -0.05) is 19.3 Å². The summed E-state index contributed by atoms with van der Waals surface area (Å²) in [6.07, 6.45) is 5.44. The molecule has 2 amide bonds. The molecule has 1 fully saturated rings. The van der Waals surface area contributed by atoms with Crippen molar-refractivity contribution in [2.24, 2.45) is 0 Å². The maximum absolute atomic E-state index is 12.5. The van der Waals surface area contributed by atoms with Crippen LogP contribution in [0.15, 0.2) is 18.2 Å². The van der Waals surface area contributed by atoms with Crippen molar-refractivity contribution < 1.29 is 19.1 Å². The van der Waals surface area contributed by atoms with Crippen molar-refractivity contribution in [3.8, 4) is 5.75 Å². The Hall–Kier alpha value is -2.37. The van der Waals surface area contributed by atoms with Crippen LogP contribution in [0.2, 0.25) is 0 Å². The summed E-state index contributed by atoms with van der Waals surface area (Å²) < 4.78 is 5.57. The molecule has 140 valence electrons. The molecule has 0 bridgehead atoms. The fourth-order valence-electron chi connectivity index (χ4n) is 3.60. The molecule has 0 saturated heterocycles. The topological polar surface area (TPSA) is 75.7 Å². The van der Waals surface area contributed by atoms with Gasteiger partial charge in [-0.2, -0.15) is 0 Å². The fourth-order valence-corrected chi connectivity index (χ4v) is 3.60. The third-order valence-electron chi connectivity index (χ3n) is 5.17. The maximum atomic E-state index is 12.5. The molecule has 1 saturated carbocycles. The van der Waals surface area contributed by atoms with Gasteiger partial charge in [0.1, 0.15) is 5.75 Å². The number of ketones is 1. The van der Waals surface area contributed by atoms with Gasteiger partial charge in [0.2, 0.25) is 5.91 Å². The lowest BCUT2D eigenvalue weighted by atomic mass is 9.95. The molecule has 1 N–H and O–H groups in total. The van der Waals surface area contributed by atoms with E-state index in [2.05, 4.69) is 5.32 Å². The predicted molar refractivity (Wildman–Crippen MR) is 98.5 cm³/mol. The third-order valence-corrected chi connectivity index (χ3v) is 5.17. The van der Waals surface area contributed by atoms with Gasteiger partial charge in [0.05, 0.1) is 5.69 Å². The van der Waals surface area contributed by atoms with Gasteiger partial charge in [-0.3, -0.25) is 14.4 Å². The minimum absolute atomic E-state index is 0.0623. The predicted octanol–water partition coefficient (Wildman–Crippen LogP) is 2.84. The van der Waals surface area contributed by atoms with Crippen LogP contribution in [0.25, 0.3) is 0 Å². The molecule has 6 heteroatoms. The zero-order chi connectivity index (χ0) is 18.7. The minimum Gasteiger partial charge on any atom is -0.479 e. The largest absolute Gasteiger partial charge is 0.479 e. The van der Waals surface area contributed by atoms with E-state index >= 15 is 0 Å². The lowest BCUT2D eigenvalue weighted by molar-refractivity contribution is -0.125. The van der Waals surface area contributed by atoms with Gasteiger partial charge in [0.25, 0.3) is 5.91 Å². The summed E-state index contributed by atoms with van der Waals surface area (Å²) in [5.41, 5.74) is 1.08. The molecule has 26 heavy (non-hydrogen) atoms. The summed E-state index contributed by atoms with van der Waals surface area (Å²) in [6, 6.07) is 5.33. The Balaban J connectivity index is 1.58. The first-order valence-corrected chi connectivity index (χ1v) is 9.36. The van der Waals surface area contributed by atoms with Gasteiger partial charge in [-0.05, 0) is 38.0 Å². The smallest absolute Gasteiger partial charge is 0.267 e. The highest BCUT2D eigenvalue weighted by molar-refractivity contribution is 6.03. The molecular formula is C20H26N2O4. The standard InChI is InChI=1S/C20H26N2O4/c1-13-20(25)22(2)16-12-14(8-10-18(16)26-13)17(23)9-11-19(24)21-15-6-4-3-5-7-15/h8,10,12-13,15H,3-7,9,11H2,1-2H3,(H,21,24). The summed E-state index contributed by atoms with van der Waals surface area (Å²) in [5.74, 6) is 0.277. The number of fused-ring (bicyclic) bond motifs is 1. The Kier molecular flexibility index (Phi) is 5.59. The average Bonchev–Trinajstić information content (AvgIpc) is 2.65. The van der Waals surface area contributed by atoms with Gasteiger partial charge < -0.3 is 15.0 Å². The molecule has 1 aromatic carbocycles. The van der Waals surface area contributed by atoms with E-state index in [1.54, 1.807) is 32.2 Å². The molecule has 3 rings (SSSR count). The van der Waals surface area contributed by atoms with Crippen molar-refractivity contribution in [1.82, 2.24) is 5.32 Å². The Bertz CT molecular complexity index is 710. The van der Waals surface area contributed by atoms with Crippen LogP contribution in [0.5, 0.6) is 5.75 Å². The number of carbonyl (C=O) groups excluding carboxylic acids is 3. The maximum Gasteiger partial charge on any atom is 0.267 e. The third kappa shape index (κ3) is 4.06. The van der Waals surface area contributed by atoms with Crippen LogP contribution in [0.1, 0.15) is 62.2 Å². The van der Waals surface area contributed by atoms with Crippen molar-refractivity contribution in [3.05, 3.63) is 23.8 Å². The molecule has 0 aromatic heterocycles. The molecule has 1 aromatic rings. The number of amides is 2. The Morgan fingerprint density at radius 1 is 1.19 bits per heavy atom. The first kappa shape index (κ1) is 18.4. The van der Waals surface area contributed by atoms with Gasteiger partial charge in [0.15, 0.2) is 11.9 Å². The lowest BCUT2D eigenvalue weighted by Gasteiger charge is -2.30. The first-order valence-electron chi connectivity index (χ1n) is 9.36. The van der Waals surface area contributed by atoms with Crippen LogP contribution < -0.4 is 15.0 Å². The number of nitrogens with one attached hydrogen (secondary N) is 1. The van der Waals surface area contributed by atoms with E-state index < -0.39 is 6.10 Å². The van der Waals surface area contributed by atoms with Crippen LogP contribution in [0, 0.1) is 0 Å². The van der Waals surface area contributed by atoms with Gasteiger partial charge >= 0.3 is 0 Å². The van der Waals surface area contributed by atoms with E-state index in [4.69, 9.17) is 4.74 Å². The van der Waals surface area contributed by atoms with Gasteiger partial charge in [-0.25, -0.2) is 0 Å². The second-order valence-corrected chi connectivity index (χ2v) is 7.17. The number of rotatable bonds is 5. The highest BCUT2D eigenvalue weighted by Crippen LogP contribution is 2.34. The quantitative estimate of drug-likeness (QED) is 0.821. The second kappa shape index (κ2) is 7.89. The number of ether oxygens (including phenoxy) is 1. The van der Waals surface area contributed by atoms with E-state index in [9.17, 15) is 14.4 Å². The summed E-state index contributed by atoms with van der Waals surface area (Å²) in [6.45, 7) is 1.70. The zero-order valence-electron chi connectivity index (χ0n) is 15.4. The van der Waals surface area contributed by atoms with Crippen LogP contribution in [-0.2, 0) is 9.59 Å². The molecule has 0 radical (unpaired) electrons. The van der Waals surface area contributed by atoms with Crippen LogP contribution in [0.3, 0.4) is 0 Å². The monoisotopic (exact) mass is 358 g/mol. The lowest BCUT2D eigenvalue weighted by Crippen LogP contribution is -2.42. The number of carbonyl (C=O) groups is 3. The van der Waals surface area contributed by atoms with Crippen molar-refractivity contribution in [2.45, 2.75) is 64.0 Å². The van der Waals surface area contributed by atoms with E-state index in [1.165, 1.54) is 11.3 Å². The Morgan fingerprint density at radius 3 is 2.65 bits per heavy atom. The molecule has 1 aliphatic carbocycles. The van der Waals surface area contributed by atoms with Gasteiger partial charge in [-0.15, -0.1) is 0 Å². The Morgan fingerprint density at radius 2 is 1.92 bits per heavy atom. The number of hydrogen-bond donors (Lipinski definition) is 1. The van der Waals surface area contributed by atoms with E-state index in [-0.39, 0.29) is 36.5 Å². The number of Topliss-reactive ketones (excluding diaryl/α,β-unsaturated/α-hetero) is 1. The zero-order valence-corrected chi connectivity index (χ0v) is 15.4. The first-order chi connectivity index (χ1) is 12.5. The number of anilines is 1. The highest BCUT2D eigenvalue weighted by Gasteiger charge is 2.29. The minimum atomic E-state index is -0.530. The second-order valence-electron chi connectivity index (χ2n) is 7.17. The number of likely N-dealkylation sites (N-methyl/N-ethyl adjacent to an activating group) is 1. The molecular weight excluding hydrogens is 332 g/mol. The van der Waals surface area contributed by atoms with Crippen molar-refractivity contribution in [3.63, 3.8) is 0 Å². The van der Waals surface area contributed by atoms with E-state index in [1.807, 2.05) is 0 Å². The average molecular weight is 358 g/mol. The van der Waals surface area contributed by atoms with Crippen LogP contribution >= 0.6 is 0 Å². The number of benzene rings is 1. The van der Waals surface area contributed by atoms with Gasteiger partial charge in [0, 0.05) is 31.5 Å². The van der Waals surface area contributed by atoms with E-state index in [0.29, 0.717) is 17.0 Å². The molecule has 1 unspecified atom stereocenters. The van der Waals surface area contributed by atoms with Crippen molar-refractivity contribution >= 4 is 23.3 Å². The van der Waals surface area contributed by atoms with Crippen molar-refractivity contribution in [2.75, 3.05) is 11.9 Å².